The Bertz CT molecular complexity index is 591. The molecule has 1 aromatic rings. The van der Waals surface area contributed by atoms with E-state index in [1.54, 1.807) is 0 Å². The molecule has 1 fully saturated rings. The van der Waals surface area contributed by atoms with Gasteiger partial charge in [-0.15, -0.1) is 0 Å². The van der Waals surface area contributed by atoms with E-state index in [1.807, 2.05) is 14.0 Å². The molecule has 0 saturated carbocycles. The molecule has 1 unspecified atom stereocenters. The van der Waals surface area contributed by atoms with Crippen LogP contribution in [0.15, 0.2) is 23.1 Å². The normalized spacial score (nSPS) is 22.1. The predicted molar refractivity (Wildman–Crippen MR) is 76.3 cm³/mol. The molecule has 0 aliphatic carbocycles. The Kier molecular flexibility index (Phi) is 4.31. The number of para-hydroxylation sites is 1. The molecule has 0 radical (unpaired) electrons. The van der Waals surface area contributed by atoms with Gasteiger partial charge >= 0.3 is 0 Å². The topological polar surface area (TPSA) is 66.6 Å². The molecule has 1 saturated heterocycles. The summed E-state index contributed by atoms with van der Waals surface area (Å²) in [5.74, 6) is -0.702. The lowest BCUT2D eigenvalue weighted by molar-refractivity contribution is 0.144. The molecule has 1 aromatic carbocycles. The first kappa shape index (κ1) is 15.2. The lowest BCUT2D eigenvalue weighted by atomic mass is 10.1. The number of hydrogen-bond acceptors (Lipinski definition) is 4. The average molecular weight is 301 g/mol. The second-order valence-corrected chi connectivity index (χ2v) is 6.96. The van der Waals surface area contributed by atoms with E-state index in [2.05, 4.69) is 4.90 Å². The van der Waals surface area contributed by atoms with Crippen LogP contribution in [0.4, 0.5) is 10.1 Å². The Morgan fingerprint density at radius 2 is 2.10 bits per heavy atom. The van der Waals surface area contributed by atoms with Crippen molar-refractivity contribution in [3.8, 4) is 0 Å². The summed E-state index contributed by atoms with van der Waals surface area (Å²) < 4.78 is 40.0. The molecule has 112 valence electrons. The Hall–Kier alpha value is -1.18. The van der Waals surface area contributed by atoms with Crippen molar-refractivity contribution in [1.82, 2.24) is 9.21 Å². The van der Waals surface area contributed by atoms with Crippen LogP contribution in [0.25, 0.3) is 0 Å². The minimum atomic E-state index is -3.74. The number of benzene rings is 1. The second kappa shape index (κ2) is 5.67. The highest BCUT2D eigenvalue weighted by Gasteiger charge is 2.33. The summed E-state index contributed by atoms with van der Waals surface area (Å²) in [5, 5.41) is 0. The first-order valence-corrected chi connectivity index (χ1v) is 8.06. The number of sulfonamides is 1. The van der Waals surface area contributed by atoms with Crippen molar-refractivity contribution in [3.63, 3.8) is 0 Å². The predicted octanol–water partition coefficient (Wildman–Crippen LogP) is 1.12. The zero-order chi connectivity index (χ0) is 14.9. The third-order valence-corrected chi connectivity index (χ3v) is 5.77. The van der Waals surface area contributed by atoms with Crippen LogP contribution in [0.2, 0.25) is 0 Å². The lowest BCUT2D eigenvalue weighted by Crippen LogP contribution is -2.52. The molecule has 20 heavy (non-hydrogen) atoms. The van der Waals surface area contributed by atoms with Crippen LogP contribution >= 0.6 is 0 Å². The summed E-state index contributed by atoms with van der Waals surface area (Å²) in [7, 11) is -1.76. The molecule has 1 aliphatic rings. The molecule has 1 atom stereocenters. The SMILES string of the molecule is CCC1CN(S(=O)(=O)c2cccc(F)c2N)CCN1C. The lowest BCUT2D eigenvalue weighted by Gasteiger charge is -2.38. The van der Waals surface area contributed by atoms with E-state index in [-0.39, 0.29) is 16.6 Å². The van der Waals surface area contributed by atoms with Crippen LogP contribution < -0.4 is 5.73 Å². The molecule has 0 bridgehead atoms. The number of nitrogen functional groups attached to an aromatic ring is 1. The largest absolute Gasteiger partial charge is 0.395 e. The molecule has 0 spiro atoms. The molecule has 0 aromatic heterocycles. The van der Waals surface area contributed by atoms with Crippen LogP contribution in [-0.4, -0.2) is 50.3 Å². The van der Waals surface area contributed by atoms with Crippen LogP contribution in [-0.2, 0) is 10.0 Å². The van der Waals surface area contributed by atoms with E-state index in [9.17, 15) is 12.8 Å². The standard InChI is InChI=1S/C13H20FN3O2S/c1-3-10-9-17(8-7-16(10)2)20(18,19)12-6-4-5-11(14)13(12)15/h4-6,10H,3,7-9,15H2,1-2H3. The van der Waals surface area contributed by atoms with Crippen molar-refractivity contribution in [2.24, 2.45) is 0 Å². The van der Waals surface area contributed by atoms with E-state index in [4.69, 9.17) is 5.73 Å². The van der Waals surface area contributed by atoms with Gasteiger partial charge in [-0.25, -0.2) is 12.8 Å². The highest BCUT2D eigenvalue weighted by molar-refractivity contribution is 7.89. The highest BCUT2D eigenvalue weighted by atomic mass is 32.2. The van der Waals surface area contributed by atoms with Gasteiger partial charge in [0.2, 0.25) is 10.0 Å². The molecule has 5 nitrogen and oxygen atoms in total. The fraction of sp³-hybridized carbons (Fsp3) is 0.538. The number of nitrogens with two attached hydrogens (primary N) is 1. The van der Waals surface area contributed by atoms with Gasteiger partial charge in [-0.3, -0.25) is 0 Å². The number of piperazine rings is 1. The van der Waals surface area contributed by atoms with Crippen molar-refractivity contribution in [2.75, 3.05) is 32.4 Å². The molecule has 0 amide bonds. The summed E-state index contributed by atoms with van der Waals surface area (Å²) >= 11 is 0. The smallest absolute Gasteiger partial charge is 0.245 e. The second-order valence-electron chi connectivity index (χ2n) is 5.06. The van der Waals surface area contributed by atoms with E-state index in [0.717, 1.165) is 12.5 Å². The maximum Gasteiger partial charge on any atom is 0.245 e. The Morgan fingerprint density at radius 3 is 2.75 bits per heavy atom. The minimum Gasteiger partial charge on any atom is -0.395 e. The first-order chi connectivity index (χ1) is 9.37. The molecular weight excluding hydrogens is 281 g/mol. The summed E-state index contributed by atoms with van der Waals surface area (Å²) in [6.45, 7) is 3.48. The van der Waals surface area contributed by atoms with Gasteiger partial charge in [0, 0.05) is 25.7 Å². The van der Waals surface area contributed by atoms with Crippen LogP contribution in [0.3, 0.4) is 0 Å². The molecule has 7 heteroatoms. The molecule has 2 rings (SSSR count). The van der Waals surface area contributed by atoms with Gasteiger partial charge < -0.3 is 10.6 Å². The van der Waals surface area contributed by atoms with Crippen molar-refractivity contribution in [1.29, 1.82) is 0 Å². The molecule has 1 aliphatic heterocycles. The Balaban J connectivity index is 2.33. The van der Waals surface area contributed by atoms with E-state index in [0.29, 0.717) is 19.6 Å². The number of rotatable bonds is 3. The summed E-state index contributed by atoms with van der Waals surface area (Å²) in [6.07, 6.45) is 0.862. The van der Waals surface area contributed by atoms with Gasteiger partial charge in [0.1, 0.15) is 10.7 Å². The number of anilines is 1. The summed E-state index contributed by atoms with van der Waals surface area (Å²) in [6, 6.07) is 4.06. The highest BCUT2D eigenvalue weighted by Crippen LogP contribution is 2.26. The van der Waals surface area contributed by atoms with Crippen LogP contribution in [0, 0.1) is 5.82 Å². The van der Waals surface area contributed by atoms with Gasteiger partial charge in [0.25, 0.3) is 0 Å². The number of likely N-dealkylation sites (N-methyl/N-ethyl adjacent to an activating group) is 1. The molecular formula is C13H20FN3O2S. The van der Waals surface area contributed by atoms with Gasteiger partial charge in [-0.1, -0.05) is 13.0 Å². The van der Waals surface area contributed by atoms with Crippen molar-refractivity contribution in [3.05, 3.63) is 24.0 Å². The van der Waals surface area contributed by atoms with Gasteiger partial charge in [0.05, 0.1) is 5.69 Å². The zero-order valence-electron chi connectivity index (χ0n) is 11.7. The van der Waals surface area contributed by atoms with Crippen molar-refractivity contribution < 1.29 is 12.8 Å². The number of nitrogens with zero attached hydrogens (tertiary/aromatic N) is 2. The van der Waals surface area contributed by atoms with Gasteiger partial charge in [0.15, 0.2) is 0 Å². The third kappa shape index (κ3) is 2.65. The summed E-state index contributed by atoms with van der Waals surface area (Å²) in [5.41, 5.74) is 5.27. The summed E-state index contributed by atoms with van der Waals surface area (Å²) in [4.78, 5) is 2.00. The fourth-order valence-corrected chi connectivity index (χ4v) is 4.05. The quantitative estimate of drug-likeness (QED) is 0.850. The Labute approximate surface area is 119 Å². The van der Waals surface area contributed by atoms with Crippen LogP contribution in [0.1, 0.15) is 13.3 Å². The number of halogens is 1. The van der Waals surface area contributed by atoms with E-state index < -0.39 is 15.8 Å². The third-order valence-electron chi connectivity index (χ3n) is 3.84. The maximum atomic E-state index is 13.5. The Morgan fingerprint density at radius 1 is 1.40 bits per heavy atom. The average Bonchev–Trinajstić information content (AvgIpc) is 2.42. The first-order valence-electron chi connectivity index (χ1n) is 6.62. The van der Waals surface area contributed by atoms with Gasteiger partial charge in [-0.2, -0.15) is 4.31 Å². The minimum absolute atomic E-state index is 0.142. The van der Waals surface area contributed by atoms with Crippen molar-refractivity contribution in [2.45, 2.75) is 24.3 Å². The van der Waals surface area contributed by atoms with Crippen LogP contribution in [0.5, 0.6) is 0 Å². The van der Waals surface area contributed by atoms with Crippen molar-refractivity contribution >= 4 is 15.7 Å². The molecule has 1 heterocycles. The van der Waals surface area contributed by atoms with E-state index >= 15 is 0 Å². The fourth-order valence-electron chi connectivity index (χ4n) is 2.46. The molecule has 2 N–H and O–H groups in total. The number of hydrogen-bond donors (Lipinski definition) is 1. The zero-order valence-corrected chi connectivity index (χ0v) is 12.5. The van der Waals surface area contributed by atoms with E-state index in [1.165, 1.54) is 16.4 Å². The maximum absolute atomic E-state index is 13.5. The van der Waals surface area contributed by atoms with Gasteiger partial charge in [-0.05, 0) is 25.6 Å². The monoisotopic (exact) mass is 301 g/mol.